The Labute approximate surface area is 52.0 Å². The van der Waals surface area contributed by atoms with Crippen LogP contribution >= 0.6 is 0 Å². The molecule has 0 fully saturated rings. The summed E-state index contributed by atoms with van der Waals surface area (Å²) in [7, 11) is 3.34. The van der Waals surface area contributed by atoms with Crippen molar-refractivity contribution in [1.29, 1.82) is 0 Å². The van der Waals surface area contributed by atoms with Crippen molar-refractivity contribution in [3.05, 3.63) is 7.11 Å². The molecule has 0 heterocycles. The molecule has 0 saturated heterocycles. The molecule has 0 saturated carbocycles. The first-order valence-corrected chi connectivity index (χ1v) is 3.07. The zero-order valence-corrected chi connectivity index (χ0v) is 5.98. The molecule has 0 aliphatic heterocycles. The minimum atomic E-state index is 0.315. The fourth-order valence-corrected chi connectivity index (χ4v) is 0.732. The van der Waals surface area contributed by atoms with E-state index in [9.17, 15) is 0 Å². The van der Waals surface area contributed by atoms with Crippen molar-refractivity contribution in [1.82, 2.24) is 0 Å². The molecule has 0 aromatic carbocycles. The first-order chi connectivity index (χ1) is 3.66. The largest absolute Gasteiger partial charge is 0.376 e. The molecule has 0 spiro atoms. The van der Waals surface area contributed by atoms with Gasteiger partial charge in [0.05, 0.1) is 13.2 Å². The first-order valence-electron chi connectivity index (χ1n) is 3.07. The highest BCUT2D eigenvalue weighted by atomic mass is 16.5. The second-order valence-corrected chi connectivity index (χ2v) is 2.61. The van der Waals surface area contributed by atoms with Gasteiger partial charge in [0.2, 0.25) is 0 Å². The van der Waals surface area contributed by atoms with Crippen LogP contribution in [-0.4, -0.2) is 6.10 Å². The zero-order chi connectivity index (χ0) is 6.57. The van der Waals surface area contributed by atoms with Crippen LogP contribution in [0.2, 0.25) is 0 Å². The first kappa shape index (κ1) is 7.96. The molecule has 0 aromatic rings. The van der Waals surface area contributed by atoms with Gasteiger partial charge in [-0.15, -0.1) is 0 Å². The van der Waals surface area contributed by atoms with Gasteiger partial charge in [0.1, 0.15) is 0 Å². The lowest BCUT2D eigenvalue weighted by Crippen LogP contribution is -2.06. The van der Waals surface area contributed by atoms with E-state index in [0.717, 1.165) is 6.42 Å². The van der Waals surface area contributed by atoms with E-state index in [0.29, 0.717) is 12.0 Å². The van der Waals surface area contributed by atoms with Gasteiger partial charge in [-0.2, -0.15) is 0 Å². The van der Waals surface area contributed by atoms with Crippen molar-refractivity contribution in [2.24, 2.45) is 5.92 Å². The van der Waals surface area contributed by atoms with E-state index in [1.165, 1.54) is 0 Å². The molecule has 0 aliphatic rings. The van der Waals surface area contributed by atoms with E-state index in [4.69, 9.17) is 4.74 Å². The Bertz CT molecular complexity index is 50.3. The van der Waals surface area contributed by atoms with E-state index in [1.807, 2.05) is 6.92 Å². The van der Waals surface area contributed by atoms with E-state index in [2.05, 4.69) is 21.0 Å². The van der Waals surface area contributed by atoms with Crippen LogP contribution in [0.4, 0.5) is 0 Å². The van der Waals surface area contributed by atoms with E-state index >= 15 is 0 Å². The molecule has 0 N–H and O–H groups in total. The quantitative estimate of drug-likeness (QED) is 0.548. The minimum absolute atomic E-state index is 0.315. The van der Waals surface area contributed by atoms with E-state index < -0.39 is 0 Å². The normalized spacial score (nSPS) is 14.6. The maximum atomic E-state index is 4.81. The van der Waals surface area contributed by atoms with Crippen LogP contribution in [0.15, 0.2) is 0 Å². The standard InChI is InChI=1S/C7H15O/c1-6(2)5-7(3)8-4/h6-7H,4-5H2,1-3H3. The maximum Gasteiger partial charge on any atom is 0.0704 e. The molecule has 0 bridgehead atoms. The summed E-state index contributed by atoms with van der Waals surface area (Å²) in [5.41, 5.74) is 0. The lowest BCUT2D eigenvalue weighted by molar-refractivity contribution is 0.133. The van der Waals surface area contributed by atoms with Gasteiger partial charge >= 0.3 is 0 Å². The van der Waals surface area contributed by atoms with Crippen molar-refractivity contribution >= 4 is 0 Å². The third-order valence-electron chi connectivity index (χ3n) is 1.09. The number of hydrogen-bond acceptors (Lipinski definition) is 1. The van der Waals surface area contributed by atoms with E-state index in [1.54, 1.807) is 0 Å². The van der Waals surface area contributed by atoms with E-state index in [-0.39, 0.29) is 0 Å². The lowest BCUT2D eigenvalue weighted by Gasteiger charge is -2.10. The van der Waals surface area contributed by atoms with Gasteiger partial charge in [-0.05, 0) is 19.3 Å². The highest BCUT2D eigenvalue weighted by Crippen LogP contribution is 2.05. The summed E-state index contributed by atoms with van der Waals surface area (Å²) in [6.45, 7) is 6.39. The van der Waals surface area contributed by atoms with Crippen molar-refractivity contribution < 1.29 is 4.74 Å². The average Bonchev–Trinajstić information content (AvgIpc) is 1.65. The highest BCUT2D eigenvalue weighted by Gasteiger charge is 2.00. The third-order valence-corrected chi connectivity index (χ3v) is 1.09. The fourth-order valence-electron chi connectivity index (χ4n) is 0.732. The van der Waals surface area contributed by atoms with Crippen molar-refractivity contribution in [3.8, 4) is 0 Å². The molecule has 0 rings (SSSR count). The minimum Gasteiger partial charge on any atom is -0.376 e. The monoisotopic (exact) mass is 115 g/mol. The summed E-state index contributed by atoms with van der Waals surface area (Å²) in [5, 5.41) is 0. The maximum absolute atomic E-state index is 4.81. The molecular formula is C7H15O. The van der Waals surface area contributed by atoms with Gasteiger partial charge < -0.3 is 4.74 Å². The Morgan fingerprint density at radius 1 is 1.38 bits per heavy atom. The summed E-state index contributed by atoms with van der Waals surface area (Å²) >= 11 is 0. The zero-order valence-electron chi connectivity index (χ0n) is 5.98. The summed E-state index contributed by atoms with van der Waals surface area (Å²) in [6, 6.07) is 0. The molecule has 8 heavy (non-hydrogen) atoms. The molecule has 1 heteroatoms. The Hall–Kier alpha value is -0.0400. The molecule has 1 nitrogen and oxygen atoms in total. The van der Waals surface area contributed by atoms with Gasteiger partial charge in [0.15, 0.2) is 0 Å². The number of rotatable bonds is 3. The lowest BCUT2D eigenvalue weighted by atomic mass is 10.1. The molecule has 1 atom stereocenters. The second-order valence-electron chi connectivity index (χ2n) is 2.61. The van der Waals surface area contributed by atoms with Crippen molar-refractivity contribution in [2.45, 2.75) is 33.3 Å². The molecule has 1 radical (unpaired) electrons. The molecule has 1 unspecified atom stereocenters. The third kappa shape index (κ3) is 4.13. The van der Waals surface area contributed by atoms with Crippen LogP contribution in [0, 0.1) is 13.0 Å². The Morgan fingerprint density at radius 2 is 1.88 bits per heavy atom. The van der Waals surface area contributed by atoms with Gasteiger partial charge in [-0.3, -0.25) is 0 Å². The van der Waals surface area contributed by atoms with Crippen molar-refractivity contribution in [2.75, 3.05) is 0 Å². The van der Waals surface area contributed by atoms with Crippen molar-refractivity contribution in [3.63, 3.8) is 0 Å². The molecule has 0 aliphatic carbocycles. The number of hydrogen-bond donors (Lipinski definition) is 0. The molecular weight excluding hydrogens is 100 g/mol. The van der Waals surface area contributed by atoms with Gasteiger partial charge in [-0.1, -0.05) is 13.8 Å². The summed E-state index contributed by atoms with van der Waals surface area (Å²) in [4.78, 5) is 0. The average molecular weight is 115 g/mol. The predicted molar refractivity (Wildman–Crippen MR) is 35.4 cm³/mol. The number of ether oxygens (including phenoxy) is 1. The van der Waals surface area contributed by atoms with Crippen LogP contribution in [0.1, 0.15) is 27.2 Å². The van der Waals surface area contributed by atoms with Crippen LogP contribution in [-0.2, 0) is 4.74 Å². The van der Waals surface area contributed by atoms with Gasteiger partial charge in [0, 0.05) is 0 Å². The van der Waals surface area contributed by atoms with Gasteiger partial charge in [-0.25, -0.2) is 0 Å². The second kappa shape index (κ2) is 3.90. The smallest absolute Gasteiger partial charge is 0.0704 e. The van der Waals surface area contributed by atoms with Crippen LogP contribution in [0.3, 0.4) is 0 Å². The predicted octanol–water partition coefficient (Wildman–Crippen LogP) is 2.23. The van der Waals surface area contributed by atoms with Gasteiger partial charge in [0.25, 0.3) is 0 Å². The Balaban J connectivity index is 3.10. The summed E-state index contributed by atoms with van der Waals surface area (Å²) < 4.78 is 4.81. The van der Waals surface area contributed by atoms with Crippen LogP contribution < -0.4 is 0 Å². The van der Waals surface area contributed by atoms with Crippen LogP contribution in [0.25, 0.3) is 0 Å². The molecule has 0 amide bonds. The Morgan fingerprint density at radius 3 is 2.00 bits per heavy atom. The molecule has 49 valence electrons. The Kier molecular flexibility index (Phi) is 3.88. The fraction of sp³-hybridized carbons (Fsp3) is 0.857. The summed E-state index contributed by atoms with van der Waals surface area (Å²) in [5.74, 6) is 0.715. The molecule has 0 aromatic heterocycles. The SMILES string of the molecule is [CH2]OC(C)CC(C)C. The van der Waals surface area contributed by atoms with Crippen LogP contribution in [0.5, 0.6) is 0 Å². The topological polar surface area (TPSA) is 9.23 Å². The summed E-state index contributed by atoms with van der Waals surface area (Å²) in [6.07, 6.45) is 1.42. The highest BCUT2D eigenvalue weighted by molar-refractivity contribution is 4.52.